The van der Waals surface area contributed by atoms with Crippen molar-refractivity contribution in [3.8, 4) is 0 Å². The van der Waals surface area contributed by atoms with Gasteiger partial charge in [0.15, 0.2) is 0 Å². The molecule has 132 valence electrons. The molecule has 2 aromatic rings. The first-order chi connectivity index (χ1) is 11.9. The number of nitrogens with one attached hydrogen (secondary N) is 1. The molecule has 2 aromatic carbocycles. The molecule has 1 aliphatic rings. The number of carbonyl (C=O) groups is 1. The Hall–Kier alpha value is -1.89. The molecule has 0 spiro atoms. The van der Waals surface area contributed by atoms with Crippen LogP contribution in [0.25, 0.3) is 0 Å². The van der Waals surface area contributed by atoms with Gasteiger partial charge in [0.2, 0.25) is 15.9 Å². The molecule has 0 aliphatic heterocycles. The van der Waals surface area contributed by atoms with E-state index in [1.807, 2.05) is 6.07 Å². The van der Waals surface area contributed by atoms with Crippen molar-refractivity contribution in [2.45, 2.75) is 24.2 Å². The molecule has 0 aromatic heterocycles. The van der Waals surface area contributed by atoms with Gasteiger partial charge in [0, 0.05) is 7.05 Å². The average molecular weight is 379 g/mol. The lowest BCUT2D eigenvalue weighted by Crippen LogP contribution is -2.35. The number of likely N-dealkylation sites (N-methyl/N-ethyl adjacent to an activating group) is 1. The summed E-state index contributed by atoms with van der Waals surface area (Å²) in [5, 5.41) is 3.03. The van der Waals surface area contributed by atoms with Crippen LogP contribution in [-0.4, -0.2) is 32.2 Å². The molecule has 25 heavy (non-hydrogen) atoms. The summed E-state index contributed by atoms with van der Waals surface area (Å²) in [6, 6.07) is 12.0. The molecule has 1 amide bonds. The Morgan fingerprint density at radius 3 is 2.64 bits per heavy atom. The van der Waals surface area contributed by atoms with Crippen LogP contribution < -0.4 is 5.32 Å². The second-order valence-electron chi connectivity index (χ2n) is 6.07. The Kier molecular flexibility index (Phi) is 5.13. The third-order valence-electron chi connectivity index (χ3n) is 4.29. The van der Waals surface area contributed by atoms with E-state index >= 15 is 0 Å². The van der Waals surface area contributed by atoms with Crippen LogP contribution in [-0.2, 0) is 27.7 Å². The summed E-state index contributed by atoms with van der Waals surface area (Å²) in [4.78, 5) is 12.4. The Morgan fingerprint density at radius 1 is 1.16 bits per heavy atom. The van der Waals surface area contributed by atoms with Gasteiger partial charge in [0.1, 0.15) is 0 Å². The number of carbonyl (C=O) groups excluding carboxylic acids is 1. The second-order valence-corrected chi connectivity index (χ2v) is 8.53. The summed E-state index contributed by atoms with van der Waals surface area (Å²) < 4.78 is 26.5. The van der Waals surface area contributed by atoms with Gasteiger partial charge in [-0.3, -0.25) is 4.79 Å². The fourth-order valence-electron chi connectivity index (χ4n) is 2.93. The number of benzene rings is 2. The van der Waals surface area contributed by atoms with E-state index in [4.69, 9.17) is 11.6 Å². The number of fused-ring (bicyclic) bond motifs is 1. The molecule has 0 saturated carbocycles. The summed E-state index contributed by atoms with van der Waals surface area (Å²) in [5.74, 6) is -0.444. The normalized spacial score (nSPS) is 13.7. The van der Waals surface area contributed by atoms with Crippen LogP contribution in [0.1, 0.15) is 17.5 Å². The van der Waals surface area contributed by atoms with Gasteiger partial charge in [0.25, 0.3) is 0 Å². The van der Waals surface area contributed by atoms with E-state index in [-0.39, 0.29) is 11.4 Å². The molecule has 0 unspecified atom stereocenters. The third kappa shape index (κ3) is 3.86. The predicted octanol–water partition coefficient (Wildman–Crippen LogP) is 3.09. The first kappa shape index (κ1) is 17.9. The molecule has 0 heterocycles. The molecule has 0 atom stereocenters. The zero-order chi connectivity index (χ0) is 18.0. The van der Waals surface area contributed by atoms with Crippen molar-refractivity contribution in [2.24, 2.45) is 0 Å². The van der Waals surface area contributed by atoms with Crippen molar-refractivity contribution in [3.05, 3.63) is 58.6 Å². The number of aryl methyl sites for hydroxylation is 2. The fraction of sp³-hybridized carbons (Fsp3) is 0.278. The van der Waals surface area contributed by atoms with Crippen LogP contribution in [0.5, 0.6) is 0 Å². The van der Waals surface area contributed by atoms with E-state index in [0.29, 0.717) is 10.7 Å². The minimum atomic E-state index is -3.72. The first-order valence-electron chi connectivity index (χ1n) is 8.00. The zero-order valence-corrected chi connectivity index (χ0v) is 15.4. The van der Waals surface area contributed by atoms with Crippen LogP contribution in [0.4, 0.5) is 5.69 Å². The second kappa shape index (κ2) is 7.15. The van der Waals surface area contributed by atoms with Gasteiger partial charge in [0.05, 0.1) is 22.2 Å². The Labute approximate surface area is 152 Å². The van der Waals surface area contributed by atoms with Crippen molar-refractivity contribution in [2.75, 3.05) is 18.9 Å². The van der Waals surface area contributed by atoms with E-state index in [2.05, 4.69) is 5.32 Å². The maximum atomic E-state index is 12.7. The van der Waals surface area contributed by atoms with E-state index in [1.165, 1.54) is 12.6 Å². The highest BCUT2D eigenvalue weighted by atomic mass is 35.5. The molecular weight excluding hydrogens is 360 g/mol. The number of hydrogen-bond donors (Lipinski definition) is 1. The molecule has 0 saturated heterocycles. The van der Waals surface area contributed by atoms with Crippen molar-refractivity contribution < 1.29 is 13.2 Å². The number of sulfonamides is 1. The summed E-state index contributed by atoms with van der Waals surface area (Å²) in [6.45, 7) is -0.287. The summed E-state index contributed by atoms with van der Waals surface area (Å²) >= 11 is 6.00. The van der Waals surface area contributed by atoms with Gasteiger partial charge < -0.3 is 5.32 Å². The third-order valence-corrected chi connectivity index (χ3v) is 6.42. The van der Waals surface area contributed by atoms with E-state index in [9.17, 15) is 13.2 Å². The minimum Gasteiger partial charge on any atom is -0.324 e. The van der Waals surface area contributed by atoms with Gasteiger partial charge in [-0.2, -0.15) is 4.31 Å². The Bertz CT molecular complexity index is 912. The monoisotopic (exact) mass is 378 g/mol. The number of rotatable bonds is 5. The Morgan fingerprint density at radius 2 is 1.88 bits per heavy atom. The number of hydrogen-bond acceptors (Lipinski definition) is 3. The highest BCUT2D eigenvalue weighted by Crippen LogP contribution is 2.26. The molecule has 5 nitrogen and oxygen atoms in total. The largest absolute Gasteiger partial charge is 0.324 e. The van der Waals surface area contributed by atoms with E-state index < -0.39 is 15.9 Å². The Balaban J connectivity index is 1.72. The van der Waals surface area contributed by atoms with Gasteiger partial charge in [-0.15, -0.1) is 0 Å². The SMILES string of the molecule is CN(CC(=O)Nc1ccccc1Cl)S(=O)(=O)c1ccc2c(c1)CCC2. The standard InChI is InChI=1S/C18H19ClN2O3S/c1-21(12-18(22)20-17-8-3-2-7-16(17)19)25(23,24)15-10-9-13-5-4-6-14(13)11-15/h2-3,7-11H,4-6,12H2,1H3,(H,20,22). The number of para-hydroxylation sites is 1. The van der Waals surface area contributed by atoms with Gasteiger partial charge in [-0.05, 0) is 54.7 Å². The lowest BCUT2D eigenvalue weighted by molar-refractivity contribution is -0.116. The van der Waals surface area contributed by atoms with Crippen LogP contribution in [0.2, 0.25) is 5.02 Å². The highest BCUT2D eigenvalue weighted by Gasteiger charge is 2.25. The number of amides is 1. The fourth-order valence-corrected chi connectivity index (χ4v) is 4.29. The summed E-state index contributed by atoms with van der Waals surface area (Å²) in [7, 11) is -2.32. The molecule has 1 N–H and O–H groups in total. The maximum Gasteiger partial charge on any atom is 0.243 e. The molecule has 0 bridgehead atoms. The highest BCUT2D eigenvalue weighted by molar-refractivity contribution is 7.89. The smallest absolute Gasteiger partial charge is 0.243 e. The quantitative estimate of drug-likeness (QED) is 0.869. The van der Waals surface area contributed by atoms with Gasteiger partial charge in [-0.25, -0.2) is 8.42 Å². The number of anilines is 1. The van der Waals surface area contributed by atoms with Gasteiger partial charge in [-0.1, -0.05) is 29.8 Å². The molecular formula is C18H19ClN2O3S. The van der Waals surface area contributed by atoms with Gasteiger partial charge >= 0.3 is 0 Å². The van der Waals surface area contributed by atoms with Crippen molar-refractivity contribution in [1.29, 1.82) is 0 Å². The summed E-state index contributed by atoms with van der Waals surface area (Å²) in [6.07, 6.45) is 2.94. The van der Waals surface area contributed by atoms with Crippen LogP contribution >= 0.6 is 11.6 Å². The van der Waals surface area contributed by atoms with Crippen LogP contribution in [0, 0.1) is 0 Å². The van der Waals surface area contributed by atoms with Crippen LogP contribution in [0.15, 0.2) is 47.4 Å². The molecule has 7 heteroatoms. The first-order valence-corrected chi connectivity index (χ1v) is 9.82. The van der Waals surface area contributed by atoms with E-state index in [0.717, 1.165) is 29.1 Å². The lowest BCUT2D eigenvalue weighted by Gasteiger charge is -2.18. The summed E-state index contributed by atoms with van der Waals surface area (Å²) in [5.41, 5.74) is 2.74. The molecule has 0 fully saturated rings. The van der Waals surface area contributed by atoms with Crippen LogP contribution in [0.3, 0.4) is 0 Å². The predicted molar refractivity (Wildman–Crippen MR) is 98.4 cm³/mol. The topological polar surface area (TPSA) is 66.5 Å². The molecule has 3 rings (SSSR count). The maximum absolute atomic E-state index is 12.7. The molecule has 1 aliphatic carbocycles. The minimum absolute atomic E-state index is 0.223. The van der Waals surface area contributed by atoms with Crippen molar-refractivity contribution >= 4 is 33.2 Å². The lowest BCUT2D eigenvalue weighted by atomic mass is 10.1. The molecule has 0 radical (unpaired) electrons. The average Bonchev–Trinajstić information content (AvgIpc) is 3.04. The number of halogens is 1. The van der Waals surface area contributed by atoms with Crippen molar-refractivity contribution in [3.63, 3.8) is 0 Å². The number of nitrogens with zero attached hydrogens (tertiary/aromatic N) is 1. The zero-order valence-electron chi connectivity index (χ0n) is 13.8. The van der Waals surface area contributed by atoms with Crippen molar-refractivity contribution in [1.82, 2.24) is 4.31 Å². The van der Waals surface area contributed by atoms with E-state index in [1.54, 1.807) is 36.4 Å².